The summed E-state index contributed by atoms with van der Waals surface area (Å²) >= 11 is 0. The summed E-state index contributed by atoms with van der Waals surface area (Å²) in [4.78, 5) is 0. The van der Waals surface area contributed by atoms with Gasteiger partial charge in [-0.3, -0.25) is 0 Å². The molecule has 1 aromatic carbocycles. The van der Waals surface area contributed by atoms with Gasteiger partial charge >= 0.3 is 0 Å². The van der Waals surface area contributed by atoms with Crippen LogP contribution in [0.15, 0.2) is 36.5 Å². The third-order valence-electron chi connectivity index (χ3n) is 3.74. The molecule has 0 saturated heterocycles. The van der Waals surface area contributed by atoms with Crippen LogP contribution < -0.4 is 0 Å². The molecule has 98 valence electrons. The zero-order chi connectivity index (χ0) is 12.8. The second-order valence-electron chi connectivity index (χ2n) is 5.48. The molecule has 0 spiro atoms. The van der Waals surface area contributed by atoms with Crippen LogP contribution in [0.5, 0.6) is 0 Å². The second-order valence-corrected chi connectivity index (χ2v) is 5.48. The number of benzene rings is 1. The van der Waals surface area contributed by atoms with Gasteiger partial charge in [-0.2, -0.15) is 0 Å². The Hall–Kier alpha value is -1.24. The van der Waals surface area contributed by atoms with E-state index in [-0.39, 0.29) is 0 Å². The Morgan fingerprint density at radius 3 is 2.72 bits per heavy atom. The van der Waals surface area contributed by atoms with E-state index in [0.29, 0.717) is 0 Å². The average Bonchev–Trinajstić information content (AvgIpc) is 2.78. The van der Waals surface area contributed by atoms with E-state index < -0.39 is 0 Å². The van der Waals surface area contributed by atoms with Crippen molar-refractivity contribution in [1.82, 2.24) is 4.57 Å². The van der Waals surface area contributed by atoms with Crippen LogP contribution in [-0.2, 0) is 6.54 Å². The fourth-order valence-electron chi connectivity index (χ4n) is 2.65. The van der Waals surface area contributed by atoms with Crippen molar-refractivity contribution in [3.05, 3.63) is 36.5 Å². The highest BCUT2D eigenvalue weighted by Gasteiger charge is 2.05. The maximum atomic E-state index is 2.40. The topological polar surface area (TPSA) is 4.93 Å². The minimum atomic E-state index is 0.776. The smallest absolute Gasteiger partial charge is 0.0480 e. The molecule has 0 N–H and O–H groups in total. The first-order valence-corrected chi connectivity index (χ1v) is 7.35. The van der Waals surface area contributed by atoms with Crippen LogP contribution in [0.2, 0.25) is 0 Å². The summed E-state index contributed by atoms with van der Waals surface area (Å²) in [6, 6.07) is 10.9. The largest absolute Gasteiger partial charge is 0.347 e. The maximum Gasteiger partial charge on any atom is 0.0480 e. The molecule has 1 unspecified atom stereocenters. The van der Waals surface area contributed by atoms with Crippen LogP contribution in [0.3, 0.4) is 0 Å². The van der Waals surface area contributed by atoms with Gasteiger partial charge in [0, 0.05) is 18.3 Å². The first-order chi connectivity index (χ1) is 8.81. The lowest BCUT2D eigenvalue weighted by atomic mass is 10.0. The lowest BCUT2D eigenvalue weighted by molar-refractivity contribution is 0.433. The highest BCUT2D eigenvalue weighted by Crippen LogP contribution is 2.19. The van der Waals surface area contributed by atoms with Gasteiger partial charge in [-0.15, -0.1) is 0 Å². The Labute approximate surface area is 111 Å². The molecule has 1 heteroatoms. The molecule has 1 aromatic heterocycles. The molecule has 0 aliphatic carbocycles. The lowest BCUT2D eigenvalue weighted by Crippen LogP contribution is -2.06. The van der Waals surface area contributed by atoms with Gasteiger partial charge in [0.15, 0.2) is 0 Å². The standard InChI is InChI=1S/C17H25N/c1-3-4-5-6-9-15(2)14-18-13-12-16-10-7-8-11-17(16)18/h7-8,10-13,15H,3-6,9,14H2,1-2H3. The molecule has 2 rings (SSSR count). The van der Waals surface area contributed by atoms with E-state index in [1.807, 2.05) is 0 Å². The van der Waals surface area contributed by atoms with Crippen molar-refractivity contribution in [2.24, 2.45) is 5.92 Å². The van der Waals surface area contributed by atoms with Crippen molar-refractivity contribution in [1.29, 1.82) is 0 Å². The summed E-state index contributed by atoms with van der Waals surface area (Å²) in [5.74, 6) is 0.776. The zero-order valence-electron chi connectivity index (χ0n) is 11.7. The molecule has 2 aromatic rings. The SMILES string of the molecule is CCCCCCC(C)Cn1ccc2ccccc21. The van der Waals surface area contributed by atoms with Crippen LogP contribution in [0.4, 0.5) is 0 Å². The predicted molar refractivity (Wildman–Crippen MR) is 79.9 cm³/mol. The van der Waals surface area contributed by atoms with E-state index in [1.165, 1.54) is 43.0 Å². The Balaban J connectivity index is 1.88. The fraction of sp³-hybridized carbons (Fsp3) is 0.529. The first kappa shape index (κ1) is 13.2. The molecular weight excluding hydrogens is 218 g/mol. The first-order valence-electron chi connectivity index (χ1n) is 7.35. The molecule has 0 aliphatic rings. The summed E-state index contributed by atoms with van der Waals surface area (Å²) < 4.78 is 2.40. The molecule has 0 aliphatic heterocycles. The summed E-state index contributed by atoms with van der Waals surface area (Å²) in [6.45, 7) is 5.80. The molecule has 0 fully saturated rings. The van der Waals surface area contributed by atoms with Crippen molar-refractivity contribution in [2.45, 2.75) is 52.5 Å². The zero-order valence-corrected chi connectivity index (χ0v) is 11.7. The van der Waals surface area contributed by atoms with Gasteiger partial charge in [-0.25, -0.2) is 0 Å². The third kappa shape index (κ3) is 3.38. The van der Waals surface area contributed by atoms with Crippen molar-refractivity contribution in [3.63, 3.8) is 0 Å². The second kappa shape index (κ2) is 6.63. The van der Waals surface area contributed by atoms with Gasteiger partial charge in [0.2, 0.25) is 0 Å². The Morgan fingerprint density at radius 2 is 1.89 bits per heavy atom. The Kier molecular flexibility index (Phi) is 4.86. The molecule has 18 heavy (non-hydrogen) atoms. The van der Waals surface area contributed by atoms with E-state index in [9.17, 15) is 0 Å². The molecule has 0 radical (unpaired) electrons. The average molecular weight is 243 g/mol. The lowest BCUT2D eigenvalue weighted by Gasteiger charge is -2.13. The van der Waals surface area contributed by atoms with E-state index in [4.69, 9.17) is 0 Å². The molecule has 1 heterocycles. The number of para-hydroxylation sites is 1. The van der Waals surface area contributed by atoms with Crippen LogP contribution in [-0.4, -0.2) is 4.57 Å². The number of rotatable bonds is 7. The van der Waals surface area contributed by atoms with Crippen LogP contribution in [0.1, 0.15) is 46.0 Å². The normalized spacial score (nSPS) is 13.0. The highest BCUT2D eigenvalue weighted by atomic mass is 15.0. The summed E-state index contributed by atoms with van der Waals surface area (Å²) in [6.07, 6.45) is 9.08. The van der Waals surface area contributed by atoms with Gasteiger partial charge < -0.3 is 4.57 Å². The quantitative estimate of drug-likeness (QED) is 0.585. The Bertz CT molecular complexity index is 469. The molecule has 0 bridgehead atoms. The van der Waals surface area contributed by atoms with Gasteiger partial charge in [0.05, 0.1) is 0 Å². The van der Waals surface area contributed by atoms with Gasteiger partial charge in [-0.05, 0) is 29.9 Å². The van der Waals surface area contributed by atoms with Crippen LogP contribution in [0.25, 0.3) is 10.9 Å². The molecule has 0 amide bonds. The van der Waals surface area contributed by atoms with E-state index in [1.54, 1.807) is 0 Å². The fourth-order valence-corrected chi connectivity index (χ4v) is 2.65. The monoisotopic (exact) mass is 243 g/mol. The Morgan fingerprint density at radius 1 is 1.06 bits per heavy atom. The molecular formula is C17H25N. The van der Waals surface area contributed by atoms with Gasteiger partial charge in [-0.1, -0.05) is 57.7 Å². The molecule has 1 atom stereocenters. The number of unbranched alkanes of at least 4 members (excludes halogenated alkanes) is 3. The van der Waals surface area contributed by atoms with E-state index in [0.717, 1.165) is 12.5 Å². The number of nitrogens with zero attached hydrogens (tertiary/aromatic N) is 1. The van der Waals surface area contributed by atoms with E-state index in [2.05, 4.69) is 54.9 Å². The summed E-state index contributed by atoms with van der Waals surface area (Å²) in [5, 5.41) is 1.36. The number of aromatic nitrogens is 1. The van der Waals surface area contributed by atoms with Crippen LogP contribution in [0, 0.1) is 5.92 Å². The number of hydrogen-bond acceptors (Lipinski definition) is 0. The third-order valence-corrected chi connectivity index (χ3v) is 3.74. The van der Waals surface area contributed by atoms with Crippen molar-refractivity contribution < 1.29 is 0 Å². The minimum Gasteiger partial charge on any atom is -0.347 e. The molecule has 1 nitrogen and oxygen atoms in total. The van der Waals surface area contributed by atoms with Crippen molar-refractivity contribution in [3.8, 4) is 0 Å². The van der Waals surface area contributed by atoms with Gasteiger partial charge in [0.25, 0.3) is 0 Å². The minimum absolute atomic E-state index is 0.776. The van der Waals surface area contributed by atoms with Gasteiger partial charge in [0.1, 0.15) is 0 Å². The van der Waals surface area contributed by atoms with Crippen LogP contribution >= 0.6 is 0 Å². The predicted octanol–water partition coefficient (Wildman–Crippen LogP) is 5.25. The summed E-state index contributed by atoms with van der Waals surface area (Å²) in [7, 11) is 0. The number of fused-ring (bicyclic) bond motifs is 1. The maximum absolute atomic E-state index is 2.40. The summed E-state index contributed by atoms with van der Waals surface area (Å²) in [5.41, 5.74) is 1.37. The van der Waals surface area contributed by atoms with Crippen molar-refractivity contribution in [2.75, 3.05) is 0 Å². The van der Waals surface area contributed by atoms with E-state index >= 15 is 0 Å². The van der Waals surface area contributed by atoms with Crippen molar-refractivity contribution >= 4 is 10.9 Å². The highest BCUT2D eigenvalue weighted by molar-refractivity contribution is 5.79. The number of hydrogen-bond donors (Lipinski definition) is 0. The molecule has 0 saturated carbocycles.